The Balaban J connectivity index is 1.64. The van der Waals surface area contributed by atoms with Crippen molar-refractivity contribution in [3.05, 3.63) is 69.8 Å². The number of nitrogens with zero attached hydrogens (tertiary/aromatic N) is 5. The zero-order valence-electron chi connectivity index (χ0n) is 20.7. The summed E-state index contributed by atoms with van der Waals surface area (Å²) in [5, 5.41) is 0.901. The highest BCUT2D eigenvalue weighted by Crippen LogP contribution is 2.36. The second-order valence-electron chi connectivity index (χ2n) is 9.74. The maximum Gasteiger partial charge on any atom is 0.270 e. The molecule has 8 heteroatoms. The smallest absolute Gasteiger partial charge is 0.270 e. The first-order valence-corrected chi connectivity index (χ1v) is 14.2. The van der Waals surface area contributed by atoms with Crippen LogP contribution in [0.4, 0.5) is 11.5 Å². The molecule has 7 nitrogen and oxygen atoms in total. The quantitative estimate of drug-likeness (QED) is 0.412. The summed E-state index contributed by atoms with van der Waals surface area (Å²) in [7, 11) is -0.534. The third-order valence-electron chi connectivity index (χ3n) is 7.01. The van der Waals surface area contributed by atoms with E-state index in [0.717, 1.165) is 29.6 Å². The number of anilines is 1. The van der Waals surface area contributed by atoms with Crippen molar-refractivity contribution in [1.29, 1.82) is 0 Å². The fourth-order valence-electron chi connectivity index (χ4n) is 4.91. The summed E-state index contributed by atoms with van der Waals surface area (Å²) in [5.74, 6) is 0.326. The monoisotopic (exact) mass is 477 g/mol. The summed E-state index contributed by atoms with van der Waals surface area (Å²) < 4.78 is 14.0. The summed E-state index contributed by atoms with van der Waals surface area (Å²) >= 11 is 0. The number of aryl methyl sites for hydroxylation is 1. The Bertz CT molecular complexity index is 1370. The number of pyridine rings is 2. The molecule has 0 saturated carbocycles. The Kier molecular flexibility index (Phi) is 6.42. The lowest BCUT2D eigenvalue weighted by atomic mass is 10.00. The van der Waals surface area contributed by atoms with Gasteiger partial charge in [-0.05, 0) is 51.8 Å². The van der Waals surface area contributed by atoms with Gasteiger partial charge in [-0.25, -0.2) is 0 Å². The lowest BCUT2D eigenvalue weighted by Gasteiger charge is -2.47. The first kappa shape index (κ1) is 24.2. The van der Waals surface area contributed by atoms with Gasteiger partial charge in [-0.2, -0.15) is 0 Å². The van der Waals surface area contributed by atoms with Gasteiger partial charge in [-0.15, -0.1) is 4.98 Å². The molecule has 178 valence electrons. The molecule has 1 unspecified atom stereocenters. The van der Waals surface area contributed by atoms with Crippen molar-refractivity contribution in [3.63, 3.8) is 0 Å². The molecule has 2 aromatic heterocycles. The predicted molar refractivity (Wildman–Crippen MR) is 140 cm³/mol. The molecular weight excluding hydrogens is 445 g/mol. The molecule has 3 aromatic rings. The molecule has 3 heterocycles. The van der Waals surface area contributed by atoms with E-state index in [4.69, 9.17) is 6.57 Å². The topological polar surface area (TPSA) is 62.8 Å². The third-order valence-corrected chi connectivity index (χ3v) is 8.55. The maximum atomic E-state index is 12.7. The minimum Gasteiger partial charge on any atom is -0.362 e. The molecule has 1 aliphatic rings. The molecule has 1 fully saturated rings. The van der Waals surface area contributed by atoms with Crippen LogP contribution in [-0.4, -0.2) is 53.0 Å². The number of hydrogen-bond acceptors (Lipinski definition) is 5. The van der Waals surface area contributed by atoms with Crippen molar-refractivity contribution in [1.82, 2.24) is 14.5 Å². The molecule has 0 spiro atoms. The van der Waals surface area contributed by atoms with Crippen molar-refractivity contribution in [2.75, 3.05) is 31.3 Å². The van der Waals surface area contributed by atoms with Crippen LogP contribution in [0, 0.1) is 6.57 Å². The predicted octanol–water partition coefficient (Wildman–Crippen LogP) is 4.39. The van der Waals surface area contributed by atoms with Gasteiger partial charge in [0.1, 0.15) is 7.14 Å². The van der Waals surface area contributed by atoms with Crippen molar-refractivity contribution in [3.8, 4) is 0 Å². The van der Waals surface area contributed by atoms with E-state index in [-0.39, 0.29) is 23.7 Å². The molecular formula is C26H32N5O2P. The average molecular weight is 478 g/mol. The summed E-state index contributed by atoms with van der Waals surface area (Å²) in [4.78, 5) is 25.5. The fraction of sp³-hybridized carbons (Fsp3) is 0.423. The van der Waals surface area contributed by atoms with Crippen LogP contribution < -0.4 is 15.8 Å². The summed E-state index contributed by atoms with van der Waals surface area (Å²) in [6.07, 6.45) is 0. The van der Waals surface area contributed by atoms with E-state index in [1.807, 2.05) is 18.2 Å². The largest absolute Gasteiger partial charge is 0.362 e. The third kappa shape index (κ3) is 4.41. The first-order chi connectivity index (χ1) is 16.0. The van der Waals surface area contributed by atoms with Gasteiger partial charge >= 0.3 is 0 Å². The van der Waals surface area contributed by atoms with Gasteiger partial charge in [-0.1, -0.05) is 30.8 Å². The summed E-state index contributed by atoms with van der Waals surface area (Å²) in [5.41, 5.74) is 3.33. The van der Waals surface area contributed by atoms with Crippen LogP contribution in [-0.2, 0) is 11.6 Å². The normalized spacial score (nSPS) is 20.3. The zero-order chi connectivity index (χ0) is 24.8. The standard InChI is InChI=1S/C26H32N5O2P/c1-17-16-31(23-14-25(32)29(5)22-12-13-24(27-4)28-26(22)23)18(2)15-30(17)19(3)20-8-10-21(11-9-20)34(6,7)33/h8-14,17-19H,15-16H2,1-3,5-7H3/t17-,18+,19?/m1/s1. The van der Waals surface area contributed by atoms with Gasteiger partial charge in [0.15, 0.2) is 0 Å². The van der Waals surface area contributed by atoms with Crippen LogP contribution in [0.1, 0.15) is 32.4 Å². The minimum atomic E-state index is -2.27. The molecule has 1 aromatic carbocycles. The van der Waals surface area contributed by atoms with E-state index in [1.165, 1.54) is 5.56 Å². The van der Waals surface area contributed by atoms with Gasteiger partial charge in [0.2, 0.25) is 5.52 Å². The molecule has 1 aliphatic heterocycles. The van der Waals surface area contributed by atoms with Crippen LogP contribution in [0.3, 0.4) is 0 Å². The van der Waals surface area contributed by atoms with Crippen LogP contribution in [0.2, 0.25) is 0 Å². The second-order valence-corrected chi connectivity index (χ2v) is 13.0. The van der Waals surface area contributed by atoms with Crippen LogP contribution in [0.5, 0.6) is 0 Å². The minimum absolute atomic E-state index is 0.0836. The number of fused-ring (bicyclic) bond motifs is 1. The Morgan fingerprint density at radius 2 is 1.76 bits per heavy atom. The van der Waals surface area contributed by atoms with E-state index < -0.39 is 7.14 Å². The van der Waals surface area contributed by atoms with Gasteiger partial charge < -0.3 is 18.9 Å². The Hall–Kier alpha value is -2.94. The van der Waals surface area contributed by atoms with Gasteiger partial charge in [0, 0.05) is 49.6 Å². The summed E-state index contributed by atoms with van der Waals surface area (Å²) in [6, 6.07) is 13.9. The fourth-order valence-corrected chi connectivity index (χ4v) is 5.78. The Morgan fingerprint density at radius 3 is 2.38 bits per heavy atom. The second kappa shape index (κ2) is 9.02. The maximum absolute atomic E-state index is 12.7. The number of hydrogen-bond donors (Lipinski definition) is 0. The molecule has 0 amide bonds. The lowest BCUT2D eigenvalue weighted by molar-refractivity contribution is 0.119. The van der Waals surface area contributed by atoms with Crippen LogP contribution in [0.15, 0.2) is 47.3 Å². The van der Waals surface area contributed by atoms with E-state index in [2.05, 4.69) is 52.5 Å². The number of benzene rings is 1. The highest BCUT2D eigenvalue weighted by Gasteiger charge is 2.34. The molecule has 4 rings (SSSR count). The molecule has 0 N–H and O–H groups in total. The van der Waals surface area contributed by atoms with E-state index in [1.54, 1.807) is 37.1 Å². The van der Waals surface area contributed by atoms with Crippen molar-refractivity contribution < 1.29 is 4.57 Å². The van der Waals surface area contributed by atoms with Crippen LogP contribution >= 0.6 is 7.14 Å². The Labute approximate surface area is 201 Å². The van der Waals surface area contributed by atoms with Gasteiger partial charge in [-0.3, -0.25) is 9.69 Å². The summed E-state index contributed by atoms with van der Waals surface area (Å²) in [6.45, 7) is 19.1. The SMILES string of the molecule is [C-]#[N+]c1ccc2c(n1)c(N1C[C@@H](C)N(C(C)c3ccc(P(C)(C)=O)cc3)C[C@@H]1C)cc(=O)n2C. The molecule has 0 radical (unpaired) electrons. The molecule has 1 saturated heterocycles. The van der Waals surface area contributed by atoms with E-state index >= 15 is 0 Å². The molecule has 34 heavy (non-hydrogen) atoms. The number of rotatable bonds is 4. The van der Waals surface area contributed by atoms with E-state index in [0.29, 0.717) is 11.3 Å². The van der Waals surface area contributed by atoms with Crippen molar-refractivity contribution in [2.45, 2.75) is 38.9 Å². The highest BCUT2D eigenvalue weighted by molar-refractivity contribution is 7.70. The highest BCUT2D eigenvalue weighted by atomic mass is 31.2. The van der Waals surface area contributed by atoms with Gasteiger partial charge in [0.05, 0.1) is 11.2 Å². The molecule has 0 bridgehead atoms. The van der Waals surface area contributed by atoms with Crippen LogP contribution in [0.25, 0.3) is 15.9 Å². The average Bonchev–Trinajstić information content (AvgIpc) is 2.81. The molecule has 3 atom stereocenters. The van der Waals surface area contributed by atoms with Crippen molar-refractivity contribution in [2.24, 2.45) is 7.05 Å². The number of aromatic nitrogens is 2. The van der Waals surface area contributed by atoms with E-state index in [9.17, 15) is 9.36 Å². The lowest BCUT2D eigenvalue weighted by Crippen LogP contribution is -2.57. The van der Waals surface area contributed by atoms with Crippen molar-refractivity contribution >= 4 is 35.0 Å². The first-order valence-electron chi connectivity index (χ1n) is 11.6. The Morgan fingerprint density at radius 1 is 1.09 bits per heavy atom. The molecule has 0 aliphatic carbocycles. The zero-order valence-corrected chi connectivity index (χ0v) is 21.6. The van der Waals surface area contributed by atoms with Gasteiger partial charge in [0.25, 0.3) is 11.4 Å². The number of piperazine rings is 1.